The summed E-state index contributed by atoms with van der Waals surface area (Å²) in [5, 5.41) is 1.29. The summed E-state index contributed by atoms with van der Waals surface area (Å²) in [7, 11) is 0. The zero-order chi connectivity index (χ0) is 9.97. The maximum absolute atomic E-state index is 4.44. The largest absolute Gasteiger partial charge is 0.255 e. The van der Waals surface area contributed by atoms with E-state index in [1.165, 1.54) is 15.8 Å². The van der Waals surface area contributed by atoms with E-state index < -0.39 is 0 Å². The summed E-state index contributed by atoms with van der Waals surface area (Å²) in [5.41, 5.74) is 2.52. The quantitative estimate of drug-likeness (QED) is 0.693. The van der Waals surface area contributed by atoms with Gasteiger partial charge in [-0.2, -0.15) is 0 Å². The van der Waals surface area contributed by atoms with Gasteiger partial charge in [0.25, 0.3) is 0 Å². The van der Waals surface area contributed by atoms with Crippen molar-refractivity contribution in [3.05, 3.63) is 36.0 Å². The minimum Gasteiger partial charge on any atom is -0.255 e. The number of pyridine rings is 1. The maximum Gasteiger partial charge on any atom is 0.0840 e. The first-order valence-corrected chi connectivity index (χ1v) is 6.00. The highest BCUT2D eigenvalue weighted by Gasteiger charge is 2.03. The predicted octanol–water partition coefficient (Wildman–Crippen LogP) is 3.52. The molecule has 0 N–H and O–H groups in total. The summed E-state index contributed by atoms with van der Waals surface area (Å²) < 4.78 is 0. The molecular weight excluding hydrogens is 190 g/mol. The molecule has 2 aromatic rings. The molecule has 72 valence electrons. The smallest absolute Gasteiger partial charge is 0.0840 e. The number of para-hydroxylation sites is 1. The molecule has 0 unspecified atom stereocenters. The topological polar surface area (TPSA) is 12.9 Å². The van der Waals surface area contributed by atoms with Gasteiger partial charge in [-0.05, 0) is 30.4 Å². The second kappa shape index (κ2) is 4.01. The zero-order valence-corrected chi connectivity index (χ0v) is 9.27. The molecule has 0 spiro atoms. The lowest BCUT2D eigenvalue weighted by Crippen LogP contribution is -1.87. The molecule has 0 aliphatic rings. The molecule has 0 saturated carbocycles. The Morgan fingerprint density at radius 3 is 2.86 bits per heavy atom. The van der Waals surface area contributed by atoms with Crippen molar-refractivity contribution in [2.45, 2.75) is 18.2 Å². The summed E-state index contributed by atoms with van der Waals surface area (Å²) in [4.78, 5) is 5.70. The Balaban J connectivity index is 2.77. The Labute approximate surface area is 88.6 Å². The lowest BCUT2D eigenvalue weighted by molar-refractivity contribution is 1.14. The first-order valence-electron chi connectivity index (χ1n) is 4.77. The van der Waals surface area contributed by atoms with Gasteiger partial charge in [0.05, 0.1) is 5.52 Å². The second-order valence-corrected chi connectivity index (χ2v) is 4.03. The zero-order valence-electron chi connectivity index (χ0n) is 8.45. The summed E-state index contributed by atoms with van der Waals surface area (Å²) in [5.74, 6) is 0. The molecule has 0 aliphatic carbocycles. The first-order chi connectivity index (χ1) is 6.86. The van der Waals surface area contributed by atoms with E-state index in [0.29, 0.717) is 0 Å². The van der Waals surface area contributed by atoms with E-state index in [1.807, 2.05) is 6.20 Å². The van der Waals surface area contributed by atoms with Crippen molar-refractivity contribution < 1.29 is 0 Å². The molecule has 2 rings (SSSR count). The average Bonchev–Trinajstić information content (AvgIpc) is 2.27. The number of fused-ring (bicyclic) bond motifs is 1. The van der Waals surface area contributed by atoms with Crippen LogP contribution in [0.2, 0.25) is 0 Å². The van der Waals surface area contributed by atoms with Crippen LogP contribution in [0.4, 0.5) is 0 Å². The molecule has 0 atom stereocenters. The third-order valence-corrected chi connectivity index (χ3v) is 3.19. The van der Waals surface area contributed by atoms with Crippen molar-refractivity contribution in [2.75, 3.05) is 6.26 Å². The highest BCUT2D eigenvalue weighted by molar-refractivity contribution is 7.98. The highest BCUT2D eigenvalue weighted by Crippen LogP contribution is 2.26. The van der Waals surface area contributed by atoms with Gasteiger partial charge in [-0.25, -0.2) is 0 Å². The number of aromatic nitrogens is 1. The minimum atomic E-state index is 1.07. The van der Waals surface area contributed by atoms with E-state index in [-0.39, 0.29) is 0 Å². The van der Waals surface area contributed by atoms with Gasteiger partial charge in [-0.15, -0.1) is 11.8 Å². The normalized spacial score (nSPS) is 10.7. The van der Waals surface area contributed by atoms with E-state index in [1.54, 1.807) is 11.8 Å². The van der Waals surface area contributed by atoms with Crippen molar-refractivity contribution >= 4 is 22.7 Å². The van der Waals surface area contributed by atoms with Crippen LogP contribution in [-0.2, 0) is 6.42 Å². The van der Waals surface area contributed by atoms with Crippen LogP contribution in [0.5, 0.6) is 0 Å². The Hall–Kier alpha value is -1.02. The van der Waals surface area contributed by atoms with E-state index in [9.17, 15) is 0 Å². The van der Waals surface area contributed by atoms with Gasteiger partial charge < -0.3 is 0 Å². The van der Waals surface area contributed by atoms with Crippen molar-refractivity contribution in [1.82, 2.24) is 4.98 Å². The Morgan fingerprint density at radius 2 is 2.14 bits per heavy atom. The lowest BCUT2D eigenvalue weighted by Gasteiger charge is -2.06. The molecule has 0 saturated heterocycles. The van der Waals surface area contributed by atoms with E-state index in [2.05, 4.69) is 42.4 Å². The summed E-state index contributed by atoms with van der Waals surface area (Å²) in [6.07, 6.45) is 5.06. The Bertz CT molecular complexity index is 408. The third-order valence-electron chi connectivity index (χ3n) is 2.43. The number of thioether (sulfide) groups is 1. The van der Waals surface area contributed by atoms with Gasteiger partial charge in [0.15, 0.2) is 0 Å². The Morgan fingerprint density at radius 1 is 1.29 bits per heavy atom. The molecule has 1 nitrogen and oxygen atoms in total. The Kier molecular flexibility index (Phi) is 2.73. The second-order valence-electron chi connectivity index (χ2n) is 3.18. The molecule has 0 bridgehead atoms. The molecule has 1 heterocycles. The lowest BCUT2D eigenvalue weighted by atomic mass is 10.1. The molecule has 0 radical (unpaired) electrons. The fourth-order valence-corrected chi connectivity index (χ4v) is 2.25. The summed E-state index contributed by atoms with van der Waals surface area (Å²) in [6, 6.07) is 8.49. The molecular formula is C12H13NS. The average molecular weight is 203 g/mol. The fourth-order valence-electron chi connectivity index (χ4n) is 1.68. The number of rotatable bonds is 2. The highest BCUT2D eigenvalue weighted by atomic mass is 32.2. The molecule has 0 fully saturated rings. The number of aryl methyl sites for hydroxylation is 1. The molecule has 1 aromatic carbocycles. The minimum absolute atomic E-state index is 1.07. The van der Waals surface area contributed by atoms with Crippen LogP contribution in [0.1, 0.15) is 12.5 Å². The number of hydrogen-bond donors (Lipinski definition) is 0. The summed E-state index contributed by atoms with van der Waals surface area (Å²) in [6.45, 7) is 2.18. The van der Waals surface area contributed by atoms with Crippen LogP contribution >= 0.6 is 11.8 Å². The van der Waals surface area contributed by atoms with Gasteiger partial charge in [0.2, 0.25) is 0 Å². The standard InChI is InChI=1S/C12H13NS/c1-3-9-7-8-13-12-10(9)5-4-6-11(12)14-2/h4-8H,3H2,1-2H3. The van der Waals surface area contributed by atoms with Gasteiger partial charge >= 0.3 is 0 Å². The molecule has 1 aromatic heterocycles. The first kappa shape index (κ1) is 9.53. The van der Waals surface area contributed by atoms with Gasteiger partial charge in [0.1, 0.15) is 0 Å². The predicted molar refractivity (Wildman–Crippen MR) is 62.9 cm³/mol. The van der Waals surface area contributed by atoms with Crippen molar-refractivity contribution in [1.29, 1.82) is 0 Å². The van der Waals surface area contributed by atoms with Crippen LogP contribution < -0.4 is 0 Å². The number of benzene rings is 1. The van der Waals surface area contributed by atoms with E-state index >= 15 is 0 Å². The molecule has 14 heavy (non-hydrogen) atoms. The van der Waals surface area contributed by atoms with Crippen LogP contribution in [0, 0.1) is 0 Å². The van der Waals surface area contributed by atoms with Crippen LogP contribution in [0.3, 0.4) is 0 Å². The number of nitrogens with zero attached hydrogens (tertiary/aromatic N) is 1. The monoisotopic (exact) mass is 203 g/mol. The number of hydrogen-bond acceptors (Lipinski definition) is 2. The van der Waals surface area contributed by atoms with Crippen molar-refractivity contribution in [2.24, 2.45) is 0 Å². The van der Waals surface area contributed by atoms with Crippen molar-refractivity contribution in [3.8, 4) is 0 Å². The van der Waals surface area contributed by atoms with E-state index in [0.717, 1.165) is 11.9 Å². The molecule has 0 amide bonds. The van der Waals surface area contributed by atoms with Crippen molar-refractivity contribution in [3.63, 3.8) is 0 Å². The summed E-state index contributed by atoms with van der Waals surface area (Å²) >= 11 is 1.75. The van der Waals surface area contributed by atoms with Gasteiger partial charge in [-0.1, -0.05) is 19.1 Å². The van der Waals surface area contributed by atoms with Crippen LogP contribution in [0.25, 0.3) is 10.9 Å². The van der Waals surface area contributed by atoms with Gasteiger partial charge in [0, 0.05) is 16.5 Å². The van der Waals surface area contributed by atoms with Crippen LogP contribution in [-0.4, -0.2) is 11.2 Å². The van der Waals surface area contributed by atoms with E-state index in [4.69, 9.17) is 0 Å². The fraction of sp³-hybridized carbons (Fsp3) is 0.250. The van der Waals surface area contributed by atoms with Gasteiger partial charge in [-0.3, -0.25) is 4.98 Å². The molecule has 0 aliphatic heterocycles. The maximum atomic E-state index is 4.44. The van der Waals surface area contributed by atoms with Crippen LogP contribution in [0.15, 0.2) is 35.4 Å². The third kappa shape index (κ3) is 1.50. The molecule has 2 heteroatoms. The SMILES string of the molecule is CCc1ccnc2c(SC)cccc12.